The minimum absolute atomic E-state index is 0.349. The van der Waals surface area contributed by atoms with Crippen molar-refractivity contribution in [3.8, 4) is 0 Å². The zero-order valence-corrected chi connectivity index (χ0v) is 8.83. The van der Waals surface area contributed by atoms with Crippen molar-refractivity contribution in [1.29, 1.82) is 0 Å². The van der Waals surface area contributed by atoms with Crippen LogP contribution in [0, 0.1) is 0 Å². The number of hydrogen-bond donors (Lipinski definition) is 0. The van der Waals surface area contributed by atoms with Gasteiger partial charge < -0.3 is 0 Å². The number of nitrogens with zero attached hydrogens (tertiary/aromatic N) is 2. The van der Waals surface area contributed by atoms with E-state index in [0.717, 1.165) is 15.8 Å². The second-order valence-corrected chi connectivity index (χ2v) is 3.71. The van der Waals surface area contributed by atoms with E-state index in [2.05, 4.69) is 4.98 Å². The molecule has 4 nitrogen and oxygen atoms in total. The summed E-state index contributed by atoms with van der Waals surface area (Å²) < 4.78 is 0. The number of anilines is 1. The average molecular weight is 224 g/mol. The lowest BCUT2D eigenvalue weighted by Gasteiger charge is -2.12. The van der Waals surface area contributed by atoms with Crippen LogP contribution in [-0.4, -0.2) is 16.8 Å². The lowest BCUT2D eigenvalue weighted by atomic mass is 10.2. The Balaban J connectivity index is 2.12. The lowest BCUT2D eigenvalue weighted by Crippen LogP contribution is -2.30. The van der Waals surface area contributed by atoms with E-state index in [1.165, 1.54) is 12.2 Å². The first-order chi connectivity index (χ1) is 8.25. The number of carbonyl (C=O) groups excluding carboxylic acids is 2. The number of carbonyl (C=O) groups is 2. The van der Waals surface area contributed by atoms with Gasteiger partial charge in [-0.2, -0.15) is 0 Å². The van der Waals surface area contributed by atoms with E-state index in [1.807, 2.05) is 30.3 Å². The van der Waals surface area contributed by atoms with Gasteiger partial charge in [-0.1, -0.05) is 18.2 Å². The molecular weight excluding hydrogens is 216 g/mol. The van der Waals surface area contributed by atoms with Crippen molar-refractivity contribution in [3.05, 3.63) is 48.6 Å². The van der Waals surface area contributed by atoms with Gasteiger partial charge in [-0.25, -0.2) is 9.88 Å². The topological polar surface area (TPSA) is 50.3 Å². The molecule has 0 fully saturated rings. The molecule has 0 aliphatic carbocycles. The van der Waals surface area contributed by atoms with Gasteiger partial charge in [0.15, 0.2) is 0 Å². The molecule has 0 N–H and O–H groups in total. The number of amides is 2. The molecule has 0 unspecified atom stereocenters. The monoisotopic (exact) mass is 224 g/mol. The Morgan fingerprint density at radius 3 is 2.35 bits per heavy atom. The van der Waals surface area contributed by atoms with E-state index in [0.29, 0.717) is 5.82 Å². The number of benzene rings is 1. The van der Waals surface area contributed by atoms with Crippen LogP contribution in [0.1, 0.15) is 0 Å². The van der Waals surface area contributed by atoms with Crippen molar-refractivity contribution < 1.29 is 9.59 Å². The highest BCUT2D eigenvalue weighted by Crippen LogP contribution is 2.20. The van der Waals surface area contributed by atoms with E-state index < -0.39 is 0 Å². The molecule has 4 heteroatoms. The highest BCUT2D eigenvalue weighted by atomic mass is 16.2. The van der Waals surface area contributed by atoms with Crippen molar-refractivity contribution in [1.82, 2.24) is 4.98 Å². The fraction of sp³-hybridized carbons (Fsp3) is 0. The molecule has 1 aromatic heterocycles. The van der Waals surface area contributed by atoms with Crippen LogP contribution in [0.15, 0.2) is 48.6 Å². The molecule has 0 spiro atoms. The summed E-state index contributed by atoms with van der Waals surface area (Å²) >= 11 is 0. The zero-order valence-electron chi connectivity index (χ0n) is 8.83. The van der Waals surface area contributed by atoms with E-state index >= 15 is 0 Å². The van der Waals surface area contributed by atoms with Gasteiger partial charge in [0, 0.05) is 17.5 Å². The molecule has 1 aliphatic heterocycles. The molecule has 0 radical (unpaired) electrons. The predicted octanol–water partition coefficient (Wildman–Crippen LogP) is 1.66. The normalized spacial score (nSPS) is 14.9. The quantitative estimate of drug-likeness (QED) is 0.692. The number of fused-ring (bicyclic) bond motifs is 1. The van der Waals surface area contributed by atoms with Crippen molar-refractivity contribution in [2.75, 3.05) is 4.90 Å². The average Bonchev–Trinajstić information content (AvgIpc) is 2.68. The summed E-state index contributed by atoms with van der Waals surface area (Å²) in [6.07, 6.45) is 2.50. The fourth-order valence-corrected chi connectivity index (χ4v) is 1.81. The summed E-state index contributed by atoms with van der Waals surface area (Å²) in [5.41, 5.74) is 0.762. The molecule has 3 rings (SSSR count). The molecule has 0 saturated carbocycles. The largest absolute Gasteiger partial charge is 0.269 e. The number of imide groups is 1. The molecule has 2 aromatic rings. The summed E-state index contributed by atoms with van der Waals surface area (Å²) in [6, 6.07) is 11.1. The minimum Gasteiger partial charge on any atom is -0.269 e. The zero-order chi connectivity index (χ0) is 11.8. The van der Waals surface area contributed by atoms with Gasteiger partial charge in [0.05, 0.1) is 5.52 Å². The highest BCUT2D eigenvalue weighted by Gasteiger charge is 2.26. The van der Waals surface area contributed by atoms with Crippen LogP contribution in [0.25, 0.3) is 10.9 Å². The molecule has 1 aromatic carbocycles. The first kappa shape index (κ1) is 9.72. The van der Waals surface area contributed by atoms with Gasteiger partial charge in [0.25, 0.3) is 11.8 Å². The van der Waals surface area contributed by atoms with Gasteiger partial charge in [-0.3, -0.25) is 9.59 Å². The third-order valence-electron chi connectivity index (χ3n) is 2.62. The molecular formula is C13H8N2O2. The van der Waals surface area contributed by atoms with Crippen LogP contribution in [0.4, 0.5) is 5.82 Å². The first-order valence-corrected chi connectivity index (χ1v) is 5.17. The molecule has 0 bridgehead atoms. The summed E-state index contributed by atoms with van der Waals surface area (Å²) in [6.45, 7) is 0. The second-order valence-electron chi connectivity index (χ2n) is 3.71. The lowest BCUT2D eigenvalue weighted by molar-refractivity contribution is -0.120. The van der Waals surface area contributed by atoms with Gasteiger partial charge >= 0.3 is 0 Å². The highest BCUT2D eigenvalue weighted by molar-refractivity contribution is 6.27. The van der Waals surface area contributed by atoms with Crippen molar-refractivity contribution >= 4 is 28.5 Å². The van der Waals surface area contributed by atoms with Gasteiger partial charge in [-0.05, 0) is 18.2 Å². The van der Waals surface area contributed by atoms with Crippen LogP contribution >= 0.6 is 0 Å². The second kappa shape index (κ2) is 3.52. The third kappa shape index (κ3) is 1.50. The fourth-order valence-electron chi connectivity index (χ4n) is 1.81. The third-order valence-corrected chi connectivity index (χ3v) is 2.62. The summed E-state index contributed by atoms with van der Waals surface area (Å²) in [7, 11) is 0. The maximum atomic E-state index is 11.5. The Morgan fingerprint density at radius 2 is 1.59 bits per heavy atom. The van der Waals surface area contributed by atoms with Crippen LogP contribution in [0.5, 0.6) is 0 Å². The van der Waals surface area contributed by atoms with Crippen molar-refractivity contribution in [2.24, 2.45) is 0 Å². The van der Waals surface area contributed by atoms with E-state index in [4.69, 9.17) is 0 Å². The predicted molar refractivity (Wildman–Crippen MR) is 63.4 cm³/mol. The number of hydrogen-bond acceptors (Lipinski definition) is 3. The van der Waals surface area contributed by atoms with E-state index in [-0.39, 0.29) is 11.8 Å². The first-order valence-electron chi connectivity index (χ1n) is 5.17. The molecule has 0 saturated heterocycles. The van der Waals surface area contributed by atoms with Gasteiger partial charge in [0.1, 0.15) is 5.82 Å². The SMILES string of the molecule is O=C1C=CC(=O)N1c1ccc2ccccc2n1. The maximum absolute atomic E-state index is 11.5. The molecule has 2 heterocycles. The molecule has 17 heavy (non-hydrogen) atoms. The van der Waals surface area contributed by atoms with Crippen LogP contribution in [0.2, 0.25) is 0 Å². The Morgan fingerprint density at radius 1 is 0.882 bits per heavy atom. The van der Waals surface area contributed by atoms with Crippen molar-refractivity contribution in [2.45, 2.75) is 0 Å². The van der Waals surface area contributed by atoms with Crippen LogP contribution < -0.4 is 4.90 Å². The molecule has 82 valence electrons. The number of pyridine rings is 1. The van der Waals surface area contributed by atoms with Crippen LogP contribution in [0.3, 0.4) is 0 Å². The summed E-state index contributed by atoms with van der Waals surface area (Å²) in [4.78, 5) is 28.4. The Kier molecular flexibility index (Phi) is 2.01. The molecule has 0 atom stereocenters. The maximum Gasteiger partial charge on any atom is 0.259 e. The van der Waals surface area contributed by atoms with Crippen molar-refractivity contribution in [3.63, 3.8) is 0 Å². The van der Waals surface area contributed by atoms with Crippen LogP contribution in [-0.2, 0) is 9.59 Å². The minimum atomic E-state index is -0.349. The smallest absolute Gasteiger partial charge is 0.259 e. The number of para-hydroxylation sites is 1. The standard InChI is InChI=1S/C13H8N2O2/c16-12-7-8-13(17)15(12)11-6-5-9-3-1-2-4-10(9)14-11/h1-8H. The Bertz CT molecular complexity index is 643. The number of rotatable bonds is 1. The number of aromatic nitrogens is 1. The van der Waals surface area contributed by atoms with Gasteiger partial charge in [0.2, 0.25) is 0 Å². The summed E-state index contributed by atoms with van der Waals surface area (Å²) in [5.74, 6) is -0.334. The van der Waals surface area contributed by atoms with E-state index in [9.17, 15) is 9.59 Å². The van der Waals surface area contributed by atoms with Gasteiger partial charge in [-0.15, -0.1) is 0 Å². The Labute approximate surface area is 97.2 Å². The Hall–Kier alpha value is -2.49. The molecule has 1 aliphatic rings. The molecule has 2 amide bonds. The van der Waals surface area contributed by atoms with E-state index in [1.54, 1.807) is 6.07 Å². The summed E-state index contributed by atoms with van der Waals surface area (Å²) in [5, 5.41) is 0.975.